The first-order valence-corrected chi connectivity index (χ1v) is 5.70. The Bertz CT molecular complexity index is 322. The Morgan fingerprint density at radius 2 is 2.20 bits per heavy atom. The summed E-state index contributed by atoms with van der Waals surface area (Å²) >= 11 is 0. The second-order valence-corrected chi connectivity index (χ2v) is 4.22. The Balaban J connectivity index is 2.07. The van der Waals surface area contributed by atoms with E-state index in [1.165, 1.54) is 12.8 Å². The van der Waals surface area contributed by atoms with Crippen LogP contribution in [0.2, 0.25) is 0 Å². The molecule has 4 heteroatoms. The molecule has 0 unspecified atom stereocenters. The van der Waals surface area contributed by atoms with Crippen LogP contribution in [0.4, 0.5) is 5.95 Å². The van der Waals surface area contributed by atoms with Crippen molar-refractivity contribution < 1.29 is 0 Å². The molecule has 0 saturated heterocycles. The maximum atomic E-state index is 4.38. The summed E-state index contributed by atoms with van der Waals surface area (Å²) in [5, 5.41) is 0. The molecule has 0 radical (unpaired) electrons. The van der Waals surface area contributed by atoms with Gasteiger partial charge in [0.25, 0.3) is 0 Å². The first-order chi connectivity index (χ1) is 7.29. The average Bonchev–Trinajstić information content (AvgIpc) is 3.01. The van der Waals surface area contributed by atoms with E-state index in [9.17, 15) is 0 Å². The van der Waals surface area contributed by atoms with E-state index in [1.807, 2.05) is 6.92 Å². The van der Waals surface area contributed by atoms with Crippen LogP contribution < -0.4 is 4.90 Å². The third kappa shape index (κ3) is 2.88. The zero-order chi connectivity index (χ0) is 10.7. The number of hydrogen-bond acceptors (Lipinski definition) is 4. The monoisotopic (exact) mass is 206 g/mol. The number of rotatable bonds is 5. The number of aromatic nitrogens is 3. The van der Waals surface area contributed by atoms with Gasteiger partial charge in [0.1, 0.15) is 12.2 Å². The van der Waals surface area contributed by atoms with E-state index >= 15 is 0 Å². The summed E-state index contributed by atoms with van der Waals surface area (Å²) in [6, 6.07) is 0. The third-order valence-electron chi connectivity index (χ3n) is 2.63. The molecule has 0 spiro atoms. The molecule has 1 aromatic heterocycles. The van der Waals surface area contributed by atoms with Crippen molar-refractivity contribution in [2.75, 3.05) is 18.0 Å². The summed E-state index contributed by atoms with van der Waals surface area (Å²) in [7, 11) is 0. The smallest absolute Gasteiger partial charge is 0.228 e. The lowest BCUT2D eigenvalue weighted by Gasteiger charge is -2.21. The Morgan fingerprint density at radius 1 is 1.40 bits per heavy atom. The summed E-state index contributed by atoms with van der Waals surface area (Å²) in [6.45, 7) is 6.25. The van der Waals surface area contributed by atoms with Gasteiger partial charge >= 0.3 is 0 Å². The van der Waals surface area contributed by atoms with Gasteiger partial charge in [0.05, 0.1) is 0 Å². The fourth-order valence-corrected chi connectivity index (χ4v) is 1.67. The number of nitrogens with zero attached hydrogens (tertiary/aromatic N) is 4. The zero-order valence-corrected chi connectivity index (χ0v) is 9.48. The summed E-state index contributed by atoms with van der Waals surface area (Å²) in [5.74, 6) is 2.52. The molecule has 4 nitrogen and oxygen atoms in total. The highest BCUT2D eigenvalue weighted by molar-refractivity contribution is 5.28. The predicted octanol–water partition coefficient (Wildman–Crippen LogP) is 1.81. The van der Waals surface area contributed by atoms with Crippen LogP contribution in [0, 0.1) is 12.8 Å². The summed E-state index contributed by atoms with van der Waals surface area (Å²) in [5.41, 5.74) is 0. The molecule has 1 saturated carbocycles. The van der Waals surface area contributed by atoms with Gasteiger partial charge in [-0.1, -0.05) is 6.92 Å². The molecule has 1 heterocycles. The predicted molar refractivity (Wildman–Crippen MR) is 59.8 cm³/mol. The van der Waals surface area contributed by atoms with Gasteiger partial charge < -0.3 is 4.90 Å². The Hall–Kier alpha value is -1.19. The van der Waals surface area contributed by atoms with Crippen molar-refractivity contribution in [3.05, 3.63) is 12.2 Å². The SMILES string of the molecule is CCCN(CC1CC1)c1ncnc(C)n1. The zero-order valence-electron chi connectivity index (χ0n) is 9.48. The second-order valence-electron chi connectivity index (χ2n) is 4.22. The van der Waals surface area contributed by atoms with Crippen LogP contribution in [0.5, 0.6) is 0 Å². The first kappa shape index (κ1) is 10.3. The Labute approximate surface area is 90.8 Å². The van der Waals surface area contributed by atoms with Gasteiger partial charge in [-0.2, -0.15) is 4.98 Å². The van der Waals surface area contributed by atoms with Gasteiger partial charge in [0.2, 0.25) is 5.95 Å². The van der Waals surface area contributed by atoms with E-state index in [2.05, 4.69) is 26.8 Å². The Morgan fingerprint density at radius 3 is 2.80 bits per heavy atom. The van der Waals surface area contributed by atoms with Crippen LogP contribution in [0.25, 0.3) is 0 Å². The largest absolute Gasteiger partial charge is 0.340 e. The van der Waals surface area contributed by atoms with E-state index < -0.39 is 0 Å². The quantitative estimate of drug-likeness (QED) is 0.736. The third-order valence-corrected chi connectivity index (χ3v) is 2.63. The molecule has 0 N–H and O–H groups in total. The van der Waals surface area contributed by atoms with E-state index in [-0.39, 0.29) is 0 Å². The van der Waals surface area contributed by atoms with Crippen LogP contribution in [0.3, 0.4) is 0 Å². The molecule has 0 amide bonds. The molecule has 2 rings (SSSR count). The normalized spacial score (nSPS) is 15.3. The number of aryl methyl sites for hydroxylation is 1. The van der Waals surface area contributed by atoms with Crippen molar-refractivity contribution in [1.82, 2.24) is 15.0 Å². The fourth-order valence-electron chi connectivity index (χ4n) is 1.67. The maximum Gasteiger partial charge on any atom is 0.228 e. The topological polar surface area (TPSA) is 41.9 Å². The van der Waals surface area contributed by atoms with Crippen LogP contribution in [-0.2, 0) is 0 Å². The van der Waals surface area contributed by atoms with E-state index in [4.69, 9.17) is 0 Å². The molecule has 1 aromatic rings. The standard InChI is InChI=1S/C11H18N4/c1-3-6-15(7-10-4-5-10)11-13-8-12-9(2)14-11/h8,10H,3-7H2,1-2H3. The maximum absolute atomic E-state index is 4.38. The van der Waals surface area contributed by atoms with Gasteiger partial charge in [-0.25, -0.2) is 9.97 Å². The Kier molecular flexibility index (Phi) is 3.14. The summed E-state index contributed by atoms with van der Waals surface area (Å²) in [6.07, 6.45) is 5.47. The van der Waals surface area contributed by atoms with Gasteiger partial charge in [0, 0.05) is 13.1 Å². The molecule has 1 aliphatic carbocycles. The lowest BCUT2D eigenvalue weighted by Crippen LogP contribution is -2.28. The molecule has 0 aliphatic heterocycles. The van der Waals surface area contributed by atoms with Gasteiger partial charge in [-0.3, -0.25) is 0 Å². The van der Waals surface area contributed by atoms with Crippen molar-refractivity contribution in [1.29, 1.82) is 0 Å². The van der Waals surface area contributed by atoms with Crippen molar-refractivity contribution >= 4 is 5.95 Å². The molecule has 1 fully saturated rings. The van der Waals surface area contributed by atoms with Crippen molar-refractivity contribution in [2.24, 2.45) is 5.92 Å². The highest BCUT2D eigenvalue weighted by Crippen LogP contribution is 2.30. The molecule has 1 aliphatic rings. The van der Waals surface area contributed by atoms with Crippen LogP contribution >= 0.6 is 0 Å². The second kappa shape index (κ2) is 4.55. The molecule has 0 atom stereocenters. The molecule has 15 heavy (non-hydrogen) atoms. The minimum absolute atomic E-state index is 0.803. The minimum atomic E-state index is 0.803. The van der Waals surface area contributed by atoms with Crippen molar-refractivity contribution in [2.45, 2.75) is 33.1 Å². The molecule has 0 bridgehead atoms. The molecule has 0 aromatic carbocycles. The minimum Gasteiger partial charge on any atom is -0.340 e. The summed E-state index contributed by atoms with van der Waals surface area (Å²) in [4.78, 5) is 14.9. The van der Waals surface area contributed by atoms with Crippen molar-refractivity contribution in [3.8, 4) is 0 Å². The van der Waals surface area contributed by atoms with Crippen LogP contribution in [0.15, 0.2) is 6.33 Å². The van der Waals surface area contributed by atoms with Crippen LogP contribution in [0.1, 0.15) is 32.0 Å². The highest BCUT2D eigenvalue weighted by Gasteiger charge is 2.25. The van der Waals surface area contributed by atoms with Gasteiger partial charge in [-0.05, 0) is 32.1 Å². The van der Waals surface area contributed by atoms with Gasteiger partial charge in [-0.15, -0.1) is 0 Å². The van der Waals surface area contributed by atoms with Crippen molar-refractivity contribution in [3.63, 3.8) is 0 Å². The number of hydrogen-bond donors (Lipinski definition) is 0. The molecule has 82 valence electrons. The van der Waals surface area contributed by atoms with E-state index in [0.717, 1.165) is 37.2 Å². The summed E-state index contributed by atoms with van der Waals surface area (Å²) < 4.78 is 0. The van der Waals surface area contributed by atoms with E-state index in [1.54, 1.807) is 6.33 Å². The highest BCUT2D eigenvalue weighted by atomic mass is 15.3. The lowest BCUT2D eigenvalue weighted by molar-refractivity contribution is 0.683. The van der Waals surface area contributed by atoms with Crippen LogP contribution in [-0.4, -0.2) is 28.0 Å². The van der Waals surface area contributed by atoms with Gasteiger partial charge in [0.15, 0.2) is 0 Å². The van der Waals surface area contributed by atoms with E-state index in [0.29, 0.717) is 0 Å². The average molecular weight is 206 g/mol. The first-order valence-electron chi connectivity index (χ1n) is 5.70. The fraction of sp³-hybridized carbons (Fsp3) is 0.727. The lowest BCUT2D eigenvalue weighted by atomic mass is 10.3. The number of anilines is 1. The molecular formula is C11H18N4. The molecular weight excluding hydrogens is 188 g/mol.